The highest BCUT2D eigenvalue weighted by Crippen LogP contribution is 2.13. The molecule has 4 heteroatoms. The van der Waals surface area contributed by atoms with Gasteiger partial charge >= 0.3 is 5.97 Å². The van der Waals surface area contributed by atoms with E-state index in [0.717, 1.165) is 29.9 Å². The minimum atomic E-state index is -0.513. The number of nitrogens with zero attached hydrogens (tertiary/aromatic N) is 1. The third kappa shape index (κ3) is 10.6. The maximum absolute atomic E-state index is 11.7. The van der Waals surface area contributed by atoms with Gasteiger partial charge in [-0.15, -0.1) is 0 Å². The lowest BCUT2D eigenvalue weighted by molar-refractivity contribution is -0.137. The van der Waals surface area contributed by atoms with Gasteiger partial charge in [0.15, 0.2) is 0 Å². The lowest BCUT2D eigenvalue weighted by Crippen LogP contribution is -1.97. The Bertz CT molecular complexity index is 767. The monoisotopic (exact) mass is 407 g/mol. The van der Waals surface area contributed by atoms with Gasteiger partial charge in [-0.05, 0) is 47.9 Å². The molecule has 0 aromatic heterocycles. The normalized spacial score (nSPS) is 11.2. The Morgan fingerprint density at radius 2 is 1.50 bits per heavy atom. The molecule has 2 aromatic rings. The van der Waals surface area contributed by atoms with Crippen molar-refractivity contribution < 1.29 is 14.4 Å². The van der Waals surface area contributed by atoms with E-state index in [9.17, 15) is 4.79 Å². The highest BCUT2D eigenvalue weighted by Gasteiger charge is 1.97. The molecule has 0 heterocycles. The van der Waals surface area contributed by atoms with Gasteiger partial charge in [-0.1, -0.05) is 87.4 Å². The zero-order valence-corrected chi connectivity index (χ0v) is 18.0. The maximum atomic E-state index is 11.7. The van der Waals surface area contributed by atoms with E-state index in [1.807, 2.05) is 54.6 Å². The second-order valence-electron chi connectivity index (χ2n) is 7.28. The first kappa shape index (κ1) is 23.4. The fourth-order valence-electron chi connectivity index (χ4n) is 2.97. The molecular formula is C26H33NO3. The number of hydrogen-bond donors (Lipinski definition) is 0. The Balaban J connectivity index is 1.59. The predicted molar refractivity (Wildman–Crippen MR) is 124 cm³/mol. The molecular weight excluding hydrogens is 374 g/mol. The van der Waals surface area contributed by atoms with Crippen molar-refractivity contribution in [1.29, 1.82) is 0 Å². The van der Waals surface area contributed by atoms with Crippen LogP contribution in [0.5, 0.6) is 5.75 Å². The van der Waals surface area contributed by atoms with Gasteiger partial charge in [-0.2, -0.15) is 0 Å². The third-order valence-corrected chi connectivity index (χ3v) is 4.70. The molecule has 0 amide bonds. The second-order valence-corrected chi connectivity index (χ2v) is 7.28. The number of oxime groups is 1. The van der Waals surface area contributed by atoms with Crippen LogP contribution in [0.4, 0.5) is 0 Å². The standard InChI is InChI=1S/C26H33NO3/c1-2-3-4-5-6-7-8-12-21-29-25-18-15-24(16-19-25)22-27-30-26(28)20-17-23-13-10-9-11-14-23/h9-11,13-20,22H,2-8,12,21H2,1H3. The SMILES string of the molecule is CCCCCCCCCCOc1ccc(C=NOC(=O)C=Cc2ccccc2)cc1. The van der Waals surface area contributed by atoms with Crippen LogP contribution in [0.25, 0.3) is 6.08 Å². The molecule has 4 nitrogen and oxygen atoms in total. The summed E-state index contributed by atoms with van der Waals surface area (Å²) in [6.45, 7) is 2.99. The van der Waals surface area contributed by atoms with Crippen LogP contribution < -0.4 is 4.74 Å². The average molecular weight is 408 g/mol. The summed E-state index contributed by atoms with van der Waals surface area (Å²) >= 11 is 0. The Kier molecular flexibility index (Phi) is 11.7. The number of ether oxygens (including phenoxy) is 1. The maximum Gasteiger partial charge on any atom is 0.358 e. The Hall–Kier alpha value is -2.88. The van der Waals surface area contributed by atoms with E-state index in [0.29, 0.717) is 0 Å². The topological polar surface area (TPSA) is 47.9 Å². The molecule has 0 atom stereocenters. The van der Waals surface area contributed by atoms with E-state index in [-0.39, 0.29) is 0 Å². The molecule has 0 aliphatic heterocycles. The van der Waals surface area contributed by atoms with Gasteiger partial charge in [-0.25, -0.2) is 4.79 Å². The van der Waals surface area contributed by atoms with Crippen LogP contribution in [0.1, 0.15) is 69.4 Å². The van der Waals surface area contributed by atoms with E-state index in [1.165, 1.54) is 57.2 Å². The molecule has 0 radical (unpaired) electrons. The van der Waals surface area contributed by atoms with Crippen LogP contribution in [0.15, 0.2) is 65.8 Å². The molecule has 0 N–H and O–H groups in total. The molecule has 0 unspecified atom stereocenters. The van der Waals surface area contributed by atoms with E-state index in [2.05, 4.69) is 12.1 Å². The van der Waals surface area contributed by atoms with Crippen LogP contribution in [0.3, 0.4) is 0 Å². The molecule has 2 rings (SSSR count). The lowest BCUT2D eigenvalue weighted by atomic mass is 10.1. The highest BCUT2D eigenvalue weighted by molar-refractivity contribution is 5.88. The first-order valence-electron chi connectivity index (χ1n) is 11.0. The van der Waals surface area contributed by atoms with Crippen LogP contribution in [0.2, 0.25) is 0 Å². The highest BCUT2D eigenvalue weighted by atomic mass is 16.7. The number of carbonyl (C=O) groups excluding carboxylic acids is 1. The van der Waals surface area contributed by atoms with Crippen LogP contribution in [-0.2, 0) is 9.63 Å². The van der Waals surface area contributed by atoms with Gasteiger partial charge in [-0.3, -0.25) is 0 Å². The van der Waals surface area contributed by atoms with E-state index in [1.54, 1.807) is 6.08 Å². The second kappa shape index (κ2) is 15.0. The summed E-state index contributed by atoms with van der Waals surface area (Å²) in [5.41, 5.74) is 1.77. The lowest BCUT2D eigenvalue weighted by Gasteiger charge is -2.06. The van der Waals surface area contributed by atoms with Crippen LogP contribution >= 0.6 is 0 Å². The van der Waals surface area contributed by atoms with Gasteiger partial charge in [0.05, 0.1) is 12.8 Å². The molecule has 0 bridgehead atoms. The summed E-state index contributed by atoms with van der Waals surface area (Å²) < 4.78 is 5.78. The molecule has 0 saturated heterocycles. The minimum absolute atomic E-state index is 0.513. The van der Waals surface area contributed by atoms with Crippen molar-refractivity contribution in [2.75, 3.05) is 6.61 Å². The molecule has 30 heavy (non-hydrogen) atoms. The quantitative estimate of drug-likeness (QED) is 0.114. The predicted octanol–water partition coefficient (Wildman–Crippen LogP) is 6.80. The molecule has 0 aliphatic rings. The zero-order valence-electron chi connectivity index (χ0n) is 18.0. The number of benzene rings is 2. The molecule has 0 saturated carbocycles. The summed E-state index contributed by atoms with van der Waals surface area (Å²) in [7, 11) is 0. The minimum Gasteiger partial charge on any atom is -0.494 e. The van der Waals surface area contributed by atoms with Gasteiger partial charge in [0.2, 0.25) is 0 Å². The van der Waals surface area contributed by atoms with Crippen molar-refractivity contribution in [3.05, 3.63) is 71.8 Å². The van der Waals surface area contributed by atoms with Crippen molar-refractivity contribution >= 4 is 18.3 Å². The molecule has 0 spiro atoms. The Morgan fingerprint density at radius 1 is 0.833 bits per heavy atom. The van der Waals surface area contributed by atoms with Gasteiger partial charge in [0.25, 0.3) is 0 Å². The Morgan fingerprint density at radius 3 is 2.20 bits per heavy atom. The largest absolute Gasteiger partial charge is 0.494 e. The van der Waals surface area contributed by atoms with E-state index >= 15 is 0 Å². The number of carbonyl (C=O) groups is 1. The molecule has 0 fully saturated rings. The van der Waals surface area contributed by atoms with Gasteiger partial charge in [0, 0.05) is 6.08 Å². The van der Waals surface area contributed by atoms with Crippen LogP contribution in [-0.4, -0.2) is 18.8 Å². The third-order valence-electron chi connectivity index (χ3n) is 4.70. The van der Waals surface area contributed by atoms with Gasteiger partial charge < -0.3 is 9.57 Å². The zero-order chi connectivity index (χ0) is 21.3. The summed E-state index contributed by atoms with van der Waals surface area (Å²) in [5.74, 6) is 0.332. The summed E-state index contributed by atoms with van der Waals surface area (Å²) in [4.78, 5) is 16.5. The van der Waals surface area contributed by atoms with Crippen molar-refractivity contribution in [2.45, 2.75) is 58.3 Å². The summed E-state index contributed by atoms with van der Waals surface area (Å²) in [6.07, 6.45) is 14.9. The first-order valence-corrected chi connectivity index (χ1v) is 11.0. The van der Waals surface area contributed by atoms with Crippen LogP contribution in [0, 0.1) is 0 Å². The molecule has 0 aliphatic carbocycles. The number of hydrogen-bond acceptors (Lipinski definition) is 4. The van der Waals surface area contributed by atoms with E-state index in [4.69, 9.17) is 9.57 Å². The van der Waals surface area contributed by atoms with Crippen molar-refractivity contribution in [3.8, 4) is 5.75 Å². The fourth-order valence-corrected chi connectivity index (χ4v) is 2.97. The molecule has 2 aromatic carbocycles. The van der Waals surface area contributed by atoms with Gasteiger partial charge in [0.1, 0.15) is 5.75 Å². The first-order chi connectivity index (χ1) is 14.8. The summed E-state index contributed by atoms with van der Waals surface area (Å²) in [6, 6.07) is 17.1. The van der Waals surface area contributed by atoms with Crippen molar-refractivity contribution in [2.24, 2.45) is 5.16 Å². The van der Waals surface area contributed by atoms with Crippen molar-refractivity contribution in [1.82, 2.24) is 0 Å². The number of rotatable bonds is 14. The number of unbranched alkanes of at least 4 members (excludes halogenated alkanes) is 7. The van der Waals surface area contributed by atoms with Crippen molar-refractivity contribution in [3.63, 3.8) is 0 Å². The Labute approximate surface area is 180 Å². The summed E-state index contributed by atoms with van der Waals surface area (Å²) in [5, 5.41) is 3.74. The van der Waals surface area contributed by atoms with E-state index < -0.39 is 5.97 Å². The smallest absolute Gasteiger partial charge is 0.358 e. The average Bonchev–Trinajstić information content (AvgIpc) is 2.78. The fraction of sp³-hybridized carbons (Fsp3) is 0.385. The molecule has 160 valence electrons.